The quantitative estimate of drug-likeness (QED) is 0.492. The number of halogens is 2. The van der Waals surface area contributed by atoms with Crippen molar-refractivity contribution in [1.29, 1.82) is 0 Å². The van der Waals surface area contributed by atoms with E-state index in [1.54, 1.807) is 30.3 Å². The molecule has 4 aromatic rings. The molecule has 0 fully saturated rings. The number of carbonyl (C=O) groups is 1. The lowest BCUT2D eigenvalue weighted by Gasteiger charge is -2.25. The van der Waals surface area contributed by atoms with Crippen molar-refractivity contribution in [1.82, 2.24) is 14.6 Å². The number of para-hydroxylation sites is 1. The van der Waals surface area contributed by atoms with Crippen molar-refractivity contribution in [2.24, 2.45) is 0 Å². The van der Waals surface area contributed by atoms with Gasteiger partial charge < -0.3 is 9.87 Å². The zero-order valence-electron chi connectivity index (χ0n) is 15.0. The van der Waals surface area contributed by atoms with E-state index in [2.05, 4.69) is 15.4 Å². The summed E-state index contributed by atoms with van der Waals surface area (Å²) in [5, 5.41) is 6.71. The summed E-state index contributed by atoms with van der Waals surface area (Å²) in [6.45, 7) is 0. The maximum atomic E-state index is 14.2. The Balaban J connectivity index is 1.75. The summed E-state index contributed by atoms with van der Waals surface area (Å²) in [6, 6.07) is 12.4. The van der Waals surface area contributed by atoms with Gasteiger partial charge in [0.25, 0.3) is 5.91 Å². The van der Waals surface area contributed by atoms with Crippen LogP contribution in [0.3, 0.4) is 0 Å². The Labute approximate surface area is 171 Å². The zero-order valence-corrected chi connectivity index (χ0v) is 15.8. The van der Waals surface area contributed by atoms with Crippen LogP contribution in [0.15, 0.2) is 67.0 Å². The van der Waals surface area contributed by atoms with E-state index in [9.17, 15) is 22.3 Å². The minimum absolute atomic E-state index is 0.0545. The average molecular weight is 428 g/mol. The number of hydrogen-bond donors (Lipinski definition) is 1. The van der Waals surface area contributed by atoms with Crippen molar-refractivity contribution in [3.8, 4) is 0 Å². The van der Waals surface area contributed by atoms with Gasteiger partial charge in [-0.2, -0.15) is 5.10 Å². The highest BCUT2D eigenvalue weighted by Gasteiger charge is 2.20. The van der Waals surface area contributed by atoms with Gasteiger partial charge in [-0.25, -0.2) is 18.3 Å². The summed E-state index contributed by atoms with van der Waals surface area (Å²) in [5.74, 6) is -2.65. The highest BCUT2D eigenvalue weighted by Crippen LogP contribution is 2.29. The molecule has 0 spiro atoms. The van der Waals surface area contributed by atoms with E-state index in [-0.39, 0.29) is 17.0 Å². The molecular weight excluding hydrogens is 416 g/mol. The Hall–Kier alpha value is -3.70. The van der Waals surface area contributed by atoms with E-state index in [0.717, 1.165) is 12.1 Å². The van der Waals surface area contributed by atoms with Crippen LogP contribution in [-0.2, 0) is 11.3 Å². The van der Waals surface area contributed by atoms with E-state index in [1.807, 2.05) is 0 Å². The molecule has 2 heterocycles. The fourth-order valence-electron chi connectivity index (χ4n) is 2.78. The Morgan fingerprint density at radius 2 is 1.90 bits per heavy atom. The van der Waals surface area contributed by atoms with Gasteiger partial charge in [0, 0.05) is 24.0 Å². The second-order valence-corrected chi connectivity index (χ2v) is 6.84. The van der Waals surface area contributed by atoms with Gasteiger partial charge in [-0.15, -0.1) is 0 Å². The lowest BCUT2D eigenvalue weighted by atomic mass is 10.2. The number of rotatable bonds is 5. The van der Waals surface area contributed by atoms with Gasteiger partial charge in [-0.1, -0.05) is 18.2 Å². The maximum Gasteiger partial charge on any atom is 0.261 e. The predicted molar refractivity (Wildman–Crippen MR) is 105 cm³/mol. The number of fused-ring (bicyclic) bond motifs is 1. The normalized spacial score (nSPS) is 12.0. The SMILES string of the molecule is O=C(Nc1ccccc1)c1cnn2ccc(N(c3ccc(F)cc3F)S(=O)[O-])nc12. The van der Waals surface area contributed by atoms with Crippen molar-refractivity contribution in [2.45, 2.75) is 0 Å². The minimum atomic E-state index is -2.97. The summed E-state index contributed by atoms with van der Waals surface area (Å²) in [7, 11) is 0. The fraction of sp³-hybridized carbons (Fsp3) is 0. The first-order valence-electron chi connectivity index (χ1n) is 8.49. The predicted octanol–water partition coefficient (Wildman–Crippen LogP) is 3.19. The van der Waals surface area contributed by atoms with Crippen LogP contribution in [0.5, 0.6) is 0 Å². The van der Waals surface area contributed by atoms with E-state index in [4.69, 9.17) is 0 Å². The van der Waals surface area contributed by atoms with Crippen LogP contribution in [0.4, 0.5) is 26.0 Å². The van der Waals surface area contributed by atoms with Crippen LogP contribution in [-0.4, -0.2) is 29.3 Å². The number of amides is 1. The summed E-state index contributed by atoms with van der Waals surface area (Å²) >= 11 is -2.97. The standard InChI is InChI=1S/C19H13F2N5O3S/c20-12-6-7-16(15(21)10-12)26(30(28)29)17-8-9-25-18(24-17)14(11-22-25)19(27)23-13-4-2-1-3-5-13/h1-11H,(H,23,27)(H,28,29)/p-1. The Kier molecular flexibility index (Phi) is 5.21. The van der Waals surface area contributed by atoms with E-state index in [0.29, 0.717) is 16.1 Å². The fourth-order valence-corrected chi connectivity index (χ4v) is 3.34. The zero-order chi connectivity index (χ0) is 21.3. The molecule has 2 aromatic carbocycles. The summed E-state index contributed by atoms with van der Waals surface area (Å²) < 4.78 is 52.8. The Bertz CT molecular complexity index is 1270. The van der Waals surface area contributed by atoms with Gasteiger partial charge in [0.1, 0.15) is 17.2 Å². The summed E-state index contributed by atoms with van der Waals surface area (Å²) in [6.07, 6.45) is 2.65. The third kappa shape index (κ3) is 3.75. The highest BCUT2D eigenvalue weighted by atomic mass is 32.2. The third-order valence-corrected chi connectivity index (χ3v) is 4.80. The molecular formula is C19H12F2N5O3S-. The molecule has 1 unspecified atom stereocenters. The van der Waals surface area contributed by atoms with E-state index < -0.39 is 34.5 Å². The molecule has 0 aliphatic heterocycles. The Morgan fingerprint density at radius 1 is 1.13 bits per heavy atom. The number of nitrogens with zero attached hydrogens (tertiary/aromatic N) is 4. The van der Waals surface area contributed by atoms with Gasteiger partial charge in [0.2, 0.25) is 0 Å². The smallest absolute Gasteiger partial charge is 0.261 e. The number of carbonyl (C=O) groups excluding carboxylic acids is 1. The lowest BCUT2D eigenvalue weighted by Crippen LogP contribution is -2.22. The third-order valence-electron chi connectivity index (χ3n) is 4.12. The first kappa shape index (κ1) is 19.6. The van der Waals surface area contributed by atoms with Crippen molar-refractivity contribution < 1.29 is 22.3 Å². The van der Waals surface area contributed by atoms with Gasteiger partial charge in [-0.3, -0.25) is 13.3 Å². The van der Waals surface area contributed by atoms with Gasteiger partial charge in [0.15, 0.2) is 11.5 Å². The molecule has 2 aromatic heterocycles. The number of anilines is 3. The van der Waals surface area contributed by atoms with Crippen LogP contribution in [0.2, 0.25) is 0 Å². The minimum Gasteiger partial charge on any atom is -0.755 e. The molecule has 1 N–H and O–H groups in total. The van der Waals surface area contributed by atoms with Gasteiger partial charge >= 0.3 is 0 Å². The monoisotopic (exact) mass is 428 g/mol. The molecule has 0 aliphatic carbocycles. The van der Waals surface area contributed by atoms with Crippen molar-refractivity contribution in [2.75, 3.05) is 9.62 Å². The number of nitrogens with one attached hydrogen (secondary N) is 1. The van der Waals surface area contributed by atoms with Crippen molar-refractivity contribution >= 4 is 40.0 Å². The second kappa shape index (κ2) is 7.97. The largest absolute Gasteiger partial charge is 0.755 e. The van der Waals surface area contributed by atoms with E-state index in [1.165, 1.54) is 23.0 Å². The molecule has 0 aliphatic rings. The molecule has 11 heteroatoms. The molecule has 0 saturated carbocycles. The van der Waals surface area contributed by atoms with Crippen molar-refractivity contribution in [3.05, 3.63) is 84.2 Å². The van der Waals surface area contributed by atoms with Crippen LogP contribution < -0.4 is 9.62 Å². The van der Waals surface area contributed by atoms with Crippen LogP contribution in [0.25, 0.3) is 5.65 Å². The highest BCUT2D eigenvalue weighted by molar-refractivity contribution is 7.81. The summed E-state index contributed by atoms with van der Waals surface area (Å²) in [5.41, 5.74) is 0.265. The molecule has 30 heavy (non-hydrogen) atoms. The molecule has 1 atom stereocenters. The molecule has 152 valence electrons. The van der Waals surface area contributed by atoms with Gasteiger partial charge in [0.05, 0.1) is 23.2 Å². The molecule has 4 rings (SSSR count). The molecule has 1 amide bonds. The topological polar surface area (TPSA) is 103 Å². The molecule has 0 saturated heterocycles. The van der Waals surface area contributed by atoms with E-state index >= 15 is 0 Å². The second-order valence-electron chi connectivity index (χ2n) is 6.04. The summed E-state index contributed by atoms with van der Waals surface area (Å²) in [4.78, 5) is 16.8. The Morgan fingerprint density at radius 3 is 2.60 bits per heavy atom. The van der Waals surface area contributed by atoms with Crippen LogP contribution >= 0.6 is 0 Å². The number of aromatic nitrogens is 3. The first-order chi connectivity index (χ1) is 14.4. The molecule has 0 bridgehead atoms. The number of hydrogen-bond acceptors (Lipinski definition) is 5. The molecule has 8 nitrogen and oxygen atoms in total. The number of benzene rings is 2. The lowest BCUT2D eigenvalue weighted by molar-refractivity contribution is 0.102. The van der Waals surface area contributed by atoms with Crippen LogP contribution in [0.1, 0.15) is 10.4 Å². The van der Waals surface area contributed by atoms with Crippen LogP contribution in [0, 0.1) is 11.6 Å². The maximum absolute atomic E-state index is 14.2. The first-order valence-corrected chi connectivity index (χ1v) is 9.52. The average Bonchev–Trinajstić information content (AvgIpc) is 3.14. The molecule has 0 radical (unpaired) electrons. The van der Waals surface area contributed by atoms with Gasteiger partial charge in [-0.05, 0) is 24.3 Å². The van der Waals surface area contributed by atoms with Crippen molar-refractivity contribution in [3.63, 3.8) is 0 Å².